The Morgan fingerprint density at radius 2 is 2.00 bits per heavy atom. The molecule has 0 aliphatic heterocycles. The van der Waals surface area contributed by atoms with Crippen molar-refractivity contribution in [2.24, 2.45) is 0 Å². The van der Waals surface area contributed by atoms with Crippen molar-refractivity contribution in [1.29, 1.82) is 0 Å². The summed E-state index contributed by atoms with van der Waals surface area (Å²) in [6.45, 7) is 3.85. The van der Waals surface area contributed by atoms with E-state index in [-0.39, 0.29) is 6.04 Å². The number of nitrogens with zero attached hydrogens (tertiary/aromatic N) is 2. The summed E-state index contributed by atoms with van der Waals surface area (Å²) >= 11 is 12.4. The van der Waals surface area contributed by atoms with Gasteiger partial charge in [-0.15, -0.1) is 0 Å². The summed E-state index contributed by atoms with van der Waals surface area (Å²) in [4.78, 5) is 6.53. The summed E-state index contributed by atoms with van der Waals surface area (Å²) in [5, 5.41) is 3.95. The first kappa shape index (κ1) is 17.3. The largest absolute Gasteiger partial charge is 0.383 e. The molecule has 0 radical (unpaired) electrons. The lowest BCUT2D eigenvalue weighted by molar-refractivity contribution is 0.170. The Morgan fingerprint density at radius 3 is 2.55 bits per heavy atom. The van der Waals surface area contributed by atoms with Crippen LogP contribution in [0.25, 0.3) is 0 Å². The second-order valence-electron chi connectivity index (χ2n) is 4.36. The number of methoxy groups -OCH3 is 2. The molecule has 1 aromatic heterocycles. The van der Waals surface area contributed by atoms with Gasteiger partial charge in [0.2, 0.25) is 0 Å². The predicted octanol–water partition coefficient (Wildman–Crippen LogP) is 2.92. The van der Waals surface area contributed by atoms with Crippen LogP contribution >= 0.6 is 23.2 Å². The minimum Gasteiger partial charge on any atom is -0.383 e. The lowest BCUT2D eigenvalue weighted by atomic mass is 10.2. The van der Waals surface area contributed by atoms with Gasteiger partial charge in [-0.25, -0.2) is 4.98 Å². The Kier molecular flexibility index (Phi) is 7.37. The highest BCUT2D eigenvalue weighted by atomic mass is 35.5. The average molecular weight is 322 g/mol. The van der Waals surface area contributed by atoms with E-state index in [0.29, 0.717) is 41.4 Å². The molecule has 0 saturated heterocycles. The first-order valence-corrected chi connectivity index (χ1v) is 7.09. The van der Waals surface area contributed by atoms with Gasteiger partial charge in [-0.1, -0.05) is 23.2 Å². The first-order valence-electron chi connectivity index (χ1n) is 6.33. The topological polar surface area (TPSA) is 46.6 Å². The SMILES string of the molecule is CNc1nc(N(CCOC)C(C)COC)c(Cl)cc1Cl. The Labute approximate surface area is 130 Å². The van der Waals surface area contributed by atoms with Crippen molar-refractivity contribution in [2.45, 2.75) is 13.0 Å². The second-order valence-corrected chi connectivity index (χ2v) is 5.18. The van der Waals surface area contributed by atoms with E-state index in [1.54, 1.807) is 27.3 Å². The van der Waals surface area contributed by atoms with Gasteiger partial charge in [0, 0.05) is 27.8 Å². The molecule has 0 fully saturated rings. The van der Waals surface area contributed by atoms with Crippen molar-refractivity contribution in [3.8, 4) is 0 Å². The number of aromatic nitrogens is 1. The number of nitrogens with one attached hydrogen (secondary N) is 1. The van der Waals surface area contributed by atoms with E-state index in [1.165, 1.54) is 0 Å². The quantitative estimate of drug-likeness (QED) is 0.797. The molecule has 0 aliphatic rings. The number of hydrogen-bond acceptors (Lipinski definition) is 5. The monoisotopic (exact) mass is 321 g/mol. The lowest BCUT2D eigenvalue weighted by Crippen LogP contribution is -2.39. The predicted molar refractivity (Wildman–Crippen MR) is 84.4 cm³/mol. The standard InChI is InChI=1S/C13H21Cl2N3O2/c1-9(8-20-4)18(5-6-19-3)13-11(15)7-10(14)12(16-2)17-13/h7,9H,5-6,8H2,1-4H3,(H,16,17). The molecule has 0 saturated carbocycles. The van der Waals surface area contributed by atoms with Crippen LogP contribution in [0.5, 0.6) is 0 Å². The number of pyridine rings is 1. The molecule has 0 aromatic carbocycles. The molecule has 0 aliphatic carbocycles. The third-order valence-corrected chi connectivity index (χ3v) is 3.46. The summed E-state index contributed by atoms with van der Waals surface area (Å²) in [7, 11) is 5.10. The van der Waals surface area contributed by atoms with Crippen LogP contribution < -0.4 is 10.2 Å². The molecule has 0 amide bonds. The molecule has 1 unspecified atom stereocenters. The maximum absolute atomic E-state index is 6.28. The number of hydrogen-bond donors (Lipinski definition) is 1. The normalized spacial score (nSPS) is 12.3. The van der Waals surface area contributed by atoms with Gasteiger partial charge in [0.05, 0.1) is 29.3 Å². The average Bonchev–Trinajstić information content (AvgIpc) is 2.41. The number of rotatable bonds is 8. The van der Waals surface area contributed by atoms with Gasteiger partial charge in [0.25, 0.3) is 0 Å². The molecule has 0 bridgehead atoms. The lowest BCUT2D eigenvalue weighted by Gasteiger charge is -2.30. The van der Waals surface area contributed by atoms with E-state index in [4.69, 9.17) is 32.7 Å². The van der Waals surface area contributed by atoms with E-state index in [0.717, 1.165) is 0 Å². The van der Waals surface area contributed by atoms with Gasteiger partial charge in [0.15, 0.2) is 0 Å². The van der Waals surface area contributed by atoms with Crippen LogP contribution in [0.4, 0.5) is 11.6 Å². The highest BCUT2D eigenvalue weighted by Gasteiger charge is 2.20. The van der Waals surface area contributed by atoms with Gasteiger partial charge < -0.3 is 19.7 Å². The fourth-order valence-corrected chi connectivity index (χ4v) is 2.45. The summed E-state index contributed by atoms with van der Waals surface area (Å²) in [5.41, 5.74) is 0. The van der Waals surface area contributed by atoms with Gasteiger partial charge in [-0.2, -0.15) is 0 Å². The Balaban J connectivity index is 3.11. The van der Waals surface area contributed by atoms with Crippen molar-refractivity contribution >= 4 is 34.8 Å². The van der Waals surface area contributed by atoms with Crippen molar-refractivity contribution in [2.75, 3.05) is 51.2 Å². The fourth-order valence-electron chi connectivity index (χ4n) is 1.89. The minimum absolute atomic E-state index is 0.117. The van der Waals surface area contributed by atoms with Crippen LogP contribution in [0.2, 0.25) is 10.0 Å². The van der Waals surface area contributed by atoms with Crippen LogP contribution in [-0.4, -0.2) is 52.1 Å². The maximum Gasteiger partial charge on any atom is 0.150 e. The molecule has 5 nitrogen and oxygen atoms in total. The van der Waals surface area contributed by atoms with E-state index in [1.807, 2.05) is 11.8 Å². The van der Waals surface area contributed by atoms with E-state index in [9.17, 15) is 0 Å². The molecule has 1 rings (SSSR count). The minimum atomic E-state index is 0.117. The third kappa shape index (κ3) is 4.38. The van der Waals surface area contributed by atoms with Gasteiger partial charge >= 0.3 is 0 Å². The molecule has 7 heteroatoms. The third-order valence-electron chi connectivity index (χ3n) is 2.90. The molecule has 1 atom stereocenters. The van der Waals surface area contributed by atoms with E-state index < -0.39 is 0 Å². The van der Waals surface area contributed by atoms with E-state index >= 15 is 0 Å². The Hall–Kier alpha value is -0.750. The molecule has 20 heavy (non-hydrogen) atoms. The van der Waals surface area contributed by atoms with Gasteiger partial charge in [0.1, 0.15) is 11.6 Å². The molecule has 114 valence electrons. The van der Waals surface area contributed by atoms with Crippen LogP contribution in [0.1, 0.15) is 6.92 Å². The van der Waals surface area contributed by atoms with Crippen molar-refractivity contribution in [3.05, 3.63) is 16.1 Å². The number of anilines is 2. The zero-order valence-electron chi connectivity index (χ0n) is 12.2. The smallest absolute Gasteiger partial charge is 0.150 e. The molecular formula is C13H21Cl2N3O2. The van der Waals surface area contributed by atoms with Crippen LogP contribution in [0, 0.1) is 0 Å². The van der Waals surface area contributed by atoms with Crippen molar-refractivity contribution in [3.63, 3.8) is 0 Å². The maximum atomic E-state index is 6.28. The number of ether oxygens (including phenoxy) is 2. The molecular weight excluding hydrogens is 301 g/mol. The van der Waals surface area contributed by atoms with Crippen LogP contribution in [0.15, 0.2) is 6.07 Å². The van der Waals surface area contributed by atoms with Crippen LogP contribution in [0.3, 0.4) is 0 Å². The highest BCUT2D eigenvalue weighted by molar-refractivity contribution is 6.37. The van der Waals surface area contributed by atoms with Crippen molar-refractivity contribution < 1.29 is 9.47 Å². The molecule has 1 aromatic rings. The Morgan fingerprint density at radius 1 is 1.30 bits per heavy atom. The number of halogens is 2. The van der Waals surface area contributed by atoms with E-state index in [2.05, 4.69) is 10.3 Å². The Bertz CT molecular complexity index is 432. The molecule has 1 heterocycles. The molecule has 0 spiro atoms. The second kappa shape index (κ2) is 8.52. The zero-order valence-corrected chi connectivity index (χ0v) is 13.8. The zero-order chi connectivity index (χ0) is 15.1. The highest BCUT2D eigenvalue weighted by Crippen LogP contribution is 2.32. The van der Waals surface area contributed by atoms with Gasteiger partial charge in [-0.3, -0.25) is 0 Å². The summed E-state index contributed by atoms with van der Waals surface area (Å²) < 4.78 is 10.4. The summed E-state index contributed by atoms with van der Waals surface area (Å²) in [5.74, 6) is 1.26. The summed E-state index contributed by atoms with van der Waals surface area (Å²) in [6.07, 6.45) is 0. The first-order chi connectivity index (χ1) is 9.54. The van der Waals surface area contributed by atoms with Gasteiger partial charge in [-0.05, 0) is 13.0 Å². The van der Waals surface area contributed by atoms with Crippen molar-refractivity contribution in [1.82, 2.24) is 4.98 Å². The van der Waals surface area contributed by atoms with Crippen LogP contribution in [-0.2, 0) is 9.47 Å². The molecule has 1 N–H and O–H groups in total. The fraction of sp³-hybridized carbons (Fsp3) is 0.615. The summed E-state index contributed by atoms with van der Waals surface area (Å²) in [6, 6.07) is 1.81.